The second kappa shape index (κ2) is 12.6. The van der Waals surface area contributed by atoms with Crippen LogP contribution < -0.4 is 4.74 Å². The van der Waals surface area contributed by atoms with Gasteiger partial charge in [-0.15, -0.1) is 0 Å². The third kappa shape index (κ3) is 9.13. The van der Waals surface area contributed by atoms with E-state index in [4.69, 9.17) is 14.9 Å². The molecule has 0 aliphatic rings. The predicted octanol–water partition coefficient (Wildman–Crippen LogP) is 5.01. The zero-order chi connectivity index (χ0) is 22.6. The minimum absolute atomic E-state index is 0.0626. The molecule has 0 amide bonds. The van der Waals surface area contributed by atoms with Crippen molar-refractivity contribution in [3.05, 3.63) is 65.2 Å². The lowest BCUT2D eigenvalue weighted by molar-refractivity contribution is -0.137. The Kier molecular flexibility index (Phi) is 9.90. The van der Waals surface area contributed by atoms with Crippen LogP contribution in [0.2, 0.25) is 0 Å². The highest BCUT2D eigenvalue weighted by Crippen LogP contribution is 2.23. The topological polar surface area (TPSA) is 93.1 Å². The van der Waals surface area contributed by atoms with Crippen LogP contribution in [0.5, 0.6) is 5.75 Å². The van der Waals surface area contributed by atoms with Gasteiger partial charge in [0.25, 0.3) is 0 Å². The van der Waals surface area contributed by atoms with E-state index in [0.717, 1.165) is 12.0 Å². The number of hydrogen-bond acceptors (Lipinski definition) is 4. The van der Waals surface area contributed by atoms with Crippen LogP contribution >= 0.6 is 0 Å². The van der Waals surface area contributed by atoms with Crippen LogP contribution in [0.15, 0.2) is 48.5 Å². The van der Waals surface area contributed by atoms with Crippen molar-refractivity contribution in [2.45, 2.75) is 45.3 Å². The fourth-order valence-electron chi connectivity index (χ4n) is 3.24. The summed E-state index contributed by atoms with van der Waals surface area (Å²) in [6, 6.07) is 13.0. The molecule has 1 unspecified atom stereocenters. The van der Waals surface area contributed by atoms with E-state index in [2.05, 4.69) is 4.74 Å². The first-order valence-electron chi connectivity index (χ1n) is 9.99. The number of aliphatic carboxylic acids is 1. The van der Waals surface area contributed by atoms with E-state index in [1.807, 2.05) is 0 Å². The number of benzene rings is 2. The fraction of sp³-hybridized carbons (Fsp3) is 0.391. The number of halogens is 2. The van der Waals surface area contributed by atoms with E-state index in [0.29, 0.717) is 31.4 Å². The minimum atomic E-state index is -2.92. The molecule has 168 valence electrons. The summed E-state index contributed by atoms with van der Waals surface area (Å²) >= 11 is 0. The molecule has 6 nitrogen and oxygen atoms in total. The molecule has 0 bridgehead atoms. The Labute approximate surface area is 179 Å². The Balaban J connectivity index is 1.96. The molecule has 0 spiro atoms. The van der Waals surface area contributed by atoms with Crippen LogP contribution in [-0.4, -0.2) is 35.4 Å². The lowest BCUT2D eigenvalue weighted by atomic mass is 9.94. The van der Waals surface area contributed by atoms with Crippen LogP contribution in [0.25, 0.3) is 0 Å². The number of unbranched alkanes of at least 4 members (excludes halogenated alkanes) is 1. The normalized spacial score (nSPS) is 12.0. The molecule has 0 heterocycles. The Bertz CT molecular complexity index is 838. The third-order valence-electron chi connectivity index (χ3n) is 4.78. The summed E-state index contributed by atoms with van der Waals surface area (Å²) in [4.78, 5) is 21.7. The highest BCUT2D eigenvalue weighted by atomic mass is 19.3. The standard InChI is InChI=1S/C23H26F2O6/c24-23(25)31-20-7-3-2-6-19(20)15-30-14-17(5-1-4-8-21(26)27)13-16-9-11-18(12-10-16)22(28)29/h2-3,6-7,9-12,17,23H,1,4-5,8,13-15H2,(H,26,27)(H,28,29). The van der Waals surface area contributed by atoms with Gasteiger partial charge in [-0.3, -0.25) is 4.79 Å². The molecule has 2 rings (SSSR count). The van der Waals surface area contributed by atoms with Crippen molar-refractivity contribution in [1.82, 2.24) is 0 Å². The zero-order valence-electron chi connectivity index (χ0n) is 17.0. The lowest BCUT2D eigenvalue weighted by Gasteiger charge is -2.18. The van der Waals surface area contributed by atoms with Gasteiger partial charge in [-0.2, -0.15) is 8.78 Å². The number of carboxylic acids is 2. The van der Waals surface area contributed by atoms with E-state index in [9.17, 15) is 18.4 Å². The van der Waals surface area contributed by atoms with Gasteiger partial charge in [-0.05, 0) is 48.9 Å². The SMILES string of the molecule is O=C(O)CCCCC(COCc1ccccc1OC(F)F)Cc1ccc(C(=O)O)cc1. The average Bonchev–Trinajstić information content (AvgIpc) is 2.72. The first kappa shape index (κ1) is 24.3. The van der Waals surface area contributed by atoms with E-state index >= 15 is 0 Å². The van der Waals surface area contributed by atoms with Crippen LogP contribution in [0.3, 0.4) is 0 Å². The maximum absolute atomic E-state index is 12.6. The van der Waals surface area contributed by atoms with Gasteiger partial charge in [0.1, 0.15) is 5.75 Å². The largest absolute Gasteiger partial charge is 0.481 e. The highest BCUT2D eigenvalue weighted by molar-refractivity contribution is 5.87. The number of carbonyl (C=O) groups is 2. The number of carboxylic acid groups (broad SMARTS) is 2. The smallest absolute Gasteiger partial charge is 0.387 e. The summed E-state index contributed by atoms with van der Waals surface area (Å²) in [6.45, 7) is -2.47. The molecule has 0 radical (unpaired) electrons. The lowest BCUT2D eigenvalue weighted by Crippen LogP contribution is -2.14. The maximum atomic E-state index is 12.6. The molecular formula is C23H26F2O6. The molecule has 0 saturated carbocycles. The van der Waals surface area contributed by atoms with Crippen molar-refractivity contribution in [2.24, 2.45) is 5.92 Å². The van der Waals surface area contributed by atoms with Crippen LogP contribution in [0.1, 0.15) is 47.2 Å². The third-order valence-corrected chi connectivity index (χ3v) is 4.78. The van der Waals surface area contributed by atoms with Gasteiger partial charge in [0.15, 0.2) is 0 Å². The maximum Gasteiger partial charge on any atom is 0.387 e. The van der Waals surface area contributed by atoms with Crippen LogP contribution in [0, 0.1) is 5.92 Å². The fourth-order valence-corrected chi connectivity index (χ4v) is 3.24. The Morgan fingerprint density at radius 2 is 1.68 bits per heavy atom. The number of hydrogen-bond donors (Lipinski definition) is 2. The number of aromatic carboxylic acids is 1. The van der Waals surface area contributed by atoms with Gasteiger partial charge in [0.05, 0.1) is 18.8 Å². The molecular weight excluding hydrogens is 410 g/mol. The van der Waals surface area contributed by atoms with Crippen molar-refractivity contribution in [2.75, 3.05) is 6.61 Å². The second-order valence-electron chi connectivity index (χ2n) is 7.21. The van der Waals surface area contributed by atoms with Crippen molar-refractivity contribution in [3.63, 3.8) is 0 Å². The molecule has 31 heavy (non-hydrogen) atoms. The predicted molar refractivity (Wildman–Crippen MR) is 109 cm³/mol. The molecule has 0 aromatic heterocycles. The van der Waals surface area contributed by atoms with Gasteiger partial charge in [0, 0.05) is 12.0 Å². The molecule has 1 atom stereocenters. The highest BCUT2D eigenvalue weighted by Gasteiger charge is 2.14. The minimum Gasteiger partial charge on any atom is -0.481 e. The number of para-hydroxylation sites is 1. The van der Waals surface area contributed by atoms with Gasteiger partial charge >= 0.3 is 18.6 Å². The molecule has 0 fully saturated rings. The van der Waals surface area contributed by atoms with Crippen LogP contribution in [0.4, 0.5) is 8.78 Å². The number of rotatable bonds is 14. The van der Waals surface area contributed by atoms with E-state index in [-0.39, 0.29) is 30.3 Å². The Morgan fingerprint density at radius 3 is 2.32 bits per heavy atom. The Morgan fingerprint density at radius 1 is 0.968 bits per heavy atom. The molecule has 8 heteroatoms. The van der Waals surface area contributed by atoms with Gasteiger partial charge in [-0.25, -0.2) is 4.79 Å². The van der Waals surface area contributed by atoms with Gasteiger partial charge in [0.2, 0.25) is 0 Å². The molecule has 2 aromatic rings. The first-order chi connectivity index (χ1) is 14.8. The summed E-state index contributed by atoms with van der Waals surface area (Å²) in [6.07, 6.45) is 2.71. The Hall–Kier alpha value is -3.00. The molecule has 0 saturated heterocycles. The summed E-state index contributed by atoms with van der Waals surface area (Å²) in [5, 5.41) is 17.8. The van der Waals surface area contributed by atoms with Gasteiger partial charge < -0.3 is 19.7 Å². The van der Waals surface area contributed by atoms with Crippen molar-refractivity contribution in [1.29, 1.82) is 0 Å². The molecule has 0 aliphatic heterocycles. The number of ether oxygens (including phenoxy) is 2. The van der Waals surface area contributed by atoms with E-state index in [1.165, 1.54) is 18.2 Å². The van der Waals surface area contributed by atoms with Crippen molar-refractivity contribution in [3.8, 4) is 5.75 Å². The number of alkyl halides is 2. The van der Waals surface area contributed by atoms with Crippen LogP contribution in [-0.2, 0) is 22.6 Å². The van der Waals surface area contributed by atoms with E-state index in [1.54, 1.807) is 30.3 Å². The average molecular weight is 436 g/mol. The van der Waals surface area contributed by atoms with Crippen molar-refractivity contribution >= 4 is 11.9 Å². The molecule has 2 N–H and O–H groups in total. The molecule has 2 aromatic carbocycles. The summed E-state index contributed by atoms with van der Waals surface area (Å²) in [7, 11) is 0. The monoisotopic (exact) mass is 436 g/mol. The summed E-state index contributed by atoms with van der Waals surface area (Å²) in [5.74, 6) is -1.70. The van der Waals surface area contributed by atoms with E-state index < -0.39 is 18.6 Å². The molecule has 0 aliphatic carbocycles. The summed E-state index contributed by atoms with van der Waals surface area (Å²) < 4.78 is 35.4. The zero-order valence-corrected chi connectivity index (χ0v) is 17.0. The second-order valence-corrected chi connectivity index (χ2v) is 7.21. The quantitative estimate of drug-likeness (QED) is 0.405. The first-order valence-corrected chi connectivity index (χ1v) is 9.99. The summed E-state index contributed by atoms with van der Waals surface area (Å²) in [5.41, 5.74) is 1.66. The van der Waals surface area contributed by atoms with Crippen molar-refractivity contribution < 1.29 is 38.1 Å². The van der Waals surface area contributed by atoms with Gasteiger partial charge in [-0.1, -0.05) is 36.8 Å².